The minimum Gasteiger partial charge on any atom is -0.382 e. The van der Waals surface area contributed by atoms with Crippen LogP contribution in [0.1, 0.15) is 35.3 Å². The van der Waals surface area contributed by atoms with E-state index in [4.69, 9.17) is 5.73 Å². The number of nitrogens with one attached hydrogen (secondary N) is 2. The molecule has 0 saturated heterocycles. The van der Waals surface area contributed by atoms with E-state index in [0.717, 1.165) is 17.7 Å². The highest BCUT2D eigenvalue weighted by Crippen LogP contribution is 2.32. The van der Waals surface area contributed by atoms with Crippen LogP contribution in [0, 0.1) is 0 Å². The van der Waals surface area contributed by atoms with E-state index in [0.29, 0.717) is 12.0 Å². The van der Waals surface area contributed by atoms with E-state index in [9.17, 15) is 9.59 Å². The molecule has 2 atom stereocenters. The number of hydrogen-bond acceptors (Lipinski definition) is 3. The maximum Gasteiger partial charge on any atom is 0.248 e. The Morgan fingerprint density at radius 1 is 1.59 bits per heavy atom. The highest BCUT2D eigenvalue weighted by molar-refractivity contribution is 5.93. The SMILES string of the molecule is C[C@@H]1C[C@H](NC=O)c2cc(C(N)=O)ccc2N1. The van der Waals surface area contributed by atoms with Gasteiger partial charge < -0.3 is 16.4 Å². The summed E-state index contributed by atoms with van der Waals surface area (Å²) < 4.78 is 0. The van der Waals surface area contributed by atoms with Crippen molar-refractivity contribution in [2.45, 2.75) is 25.4 Å². The first-order valence-electron chi connectivity index (χ1n) is 5.52. The molecule has 0 aliphatic carbocycles. The highest BCUT2D eigenvalue weighted by atomic mass is 16.1. The van der Waals surface area contributed by atoms with Gasteiger partial charge in [-0.25, -0.2) is 0 Å². The van der Waals surface area contributed by atoms with E-state index < -0.39 is 5.91 Å². The summed E-state index contributed by atoms with van der Waals surface area (Å²) in [5, 5.41) is 6.07. The Balaban J connectivity index is 2.41. The van der Waals surface area contributed by atoms with E-state index in [-0.39, 0.29) is 12.1 Å². The molecular weight excluding hydrogens is 218 g/mol. The molecule has 17 heavy (non-hydrogen) atoms. The summed E-state index contributed by atoms with van der Waals surface area (Å²) in [5.74, 6) is -0.462. The highest BCUT2D eigenvalue weighted by Gasteiger charge is 2.24. The second-order valence-corrected chi connectivity index (χ2v) is 4.28. The van der Waals surface area contributed by atoms with Crippen molar-refractivity contribution in [1.82, 2.24) is 5.32 Å². The van der Waals surface area contributed by atoms with Gasteiger partial charge in [-0.05, 0) is 37.1 Å². The lowest BCUT2D eigenvalue weighted by Gasteiger charge is -2.31. The fourth-order valence-electron chi connectivity index (χ4n) is 2.18. The summed E-state index contributed by atoms with van der Waals surface area (Å²) >= 11 is 0. The summed E-state index contributed by atoms with van der Waals surface area (Å²) in [4.78, 5) is 21.7. The van der Waals surface area contributed by atoms with Gasteiger partial charge in [0.15, 0.2) is 0 Å². The van der Waals surface area contributed by atoms with Crippen LogP contribution < -0.4 is 16.4 Å². The van der Waals surface area contributed by atoms with Crippen molar-refractivity contribution in [3.63, 3.8) is 0 Å². The van der Waals surface area contributed by atoms with Gasteiger partial charge in [-0.15, -0.1) is 0 Å². The number of primary amides is 1. The van der Waals surface area contributed by atoms with E-state index in [1.807, 2.05) is 13.0 Å². The van der Waals surface area contributed by atoms with E-state index in [1.165, 1.54) is 0 Å². The predicted octanol–water partition coefficient (Wildman–Crippen LogP) is 0.777. The number of rotatable bonds is 3. The third-order valence-electron chi connectivity index (χ3n) is 2.97. The Bertz CT molecular complexity index is 459. The van der Waals surface area contributed by atoms with Crippen molar-refractivity contribution in [3.8, 4) is 0 Å². The first kappa shape index (κ1) is 11.4. The largest absolute Gasteiger partial charge is 0.382 e. The second kappa shape index (κ2) is 4.45. The van der Waals surface area contributed by atoms with Gasteiger partial charge in [-0.2, -0.15) is 0 Å². The molecule has 0 spiro atoms. The van der Waals surface area contributed by atoms with Crippen molar-refractivity contribution in [2.24, 2.45) is 5.73 Å². The van der Waals surface area contributed by atoms with Gasteiger partial charge in [0.25, 0.3) is 0 Å². The second-order valence-electron chi connectivity index (χ2n) is 4.28. The van der Waals surface area contributed by atoms with Crippen LogP contribution in [-0.2, 0) is 4.79 Å². The van der Waals surface area contributed by atoms with Crippen molar-refractivity contribution in [2.75, 3.05) is 5.32 Å². The molecule has 0 saturated carbocycles. The molecule has 5 heteroatoms. The number of amides is 2. The number of carbonyl (C=O) groups excluding carboxylic acids is 2. The quantitative estimate of drug-likeness (QED) is 0.674. The van der Waals surface area contributed by atoms with Crippen LogP contribution in [0.5, 0.6) is 0 Å². The fourth-order valence-corrected chi connectivity index (χ4v) is 2.18. The molecule has 0 bridgehead atoms. The topological polar surface area (TPSA) is 84.2 Å². The minimum atomic E-state index is -0.462. The zero-order valence-corrected chi connectivity index (χ0v) is 9.57. The number of nitrogens with two attached hydrogens (primary N) is 1. The summed E-state index contributed by atoms with van der Waals surface area (Å²) in [5.41, 5.74) is 7.55. The smallest absolute Gasteiger partial charge is 0.248 e. The summed E-state index contributed by atoms with van der Waals surface area (Å²) in [6, 6.07) is 5.45. The molecule has 1 aliphatic rings. The Morgan fingerprint density at radius 2 is 2.35 bits per heavy atom. The first-order chi connectivity index (χ1) is 8.11. The molecule has 1 aromatic rings. The van der Waals surface area contributed by atoms with Crippen molar-refractivity contribution in [3.05, 3.63) is 29.3 Å². The molecule has 4 N–H and O–H groups in total. The lowest BCUT2D eigenvalue weighted by Crippen LogP contribution is -2.32. The summed E-state index contributed by atoms with van der Waals surface area (Å²) in [6.45, 7) is 2.05. The number of benzene rings is 1. The van der Waals surface area contributed by atoms with Crippen molar-refractivity contribution < 1.29 is 9.59 Å². The van der Waals surface area contributed by atoms with Gasteiger partial charge in [0.2, 0.25) is 12.3 Å². The third-order valence-corrected chi connectivity index (χ3v) is 2.97. The van der Waals surface area contributed by atoms with Crippen LogP contribution in [0.2, 0.25) is 0 Å². The summed E-state index contributed by atoms with van der Waals surface area (Å²) in [7, 11) is 0. The minimum absolute atomic E-state index is 0.0713. The van der Waals surface area contributed by atoms with E-state index in [2.05, 4.69) is 10.6 Å². The zero-order valence-electron chi connectivity index (χ0n) is 9.57. The Hall–Kier alpha value is -2.04. The Kier molecular flexibility index (Phi) is 2.99. The molecule has 90 valence electrons. The van der Waals surface area contributed by atoms with Crippen LogP contribution >= 0.6 is 0 Å². The van der Waals surface area contributed by atoms with Crippen molar-refractivity contribution >= 4 is 18.0 Å². The molecule has 0 radical (unpaired) electrons. The third kappa shape index (κ3) is 2.22. The van der Waals surface area contributed by atoms with Crippen molar-refractivity contribution in [1.29, 1.82) is 0 Å². The maximum absolute atomic E-state index is 11.1. The van der Waals surface area contributed by atoms with E-state index >= 15 is 0 Å². The average molecular weight is 233 g/mol. The Labute approximate surface area is 99.4 Å². The van der Waals surface area contributed by atoms with Gasteiger partial charge >= 0.3 is 0 Å². The molecule has 0 fully saturated rings. The molecule has 0 aromatic heterocycles. The number of fused-ring (bicyclic) bond motifs is 1. The van der Waals surface area contributed by atoms with Crippen LogP contribution in [0.15, 0.2) is 18.2 Å². The molecule has 2 amide bonds. The fraction of sp³-hybridized carbons (Fsp3) is 0.333. The molecule has 1 heterocycles. The predicted molar refractivity (Wildman–Crippen MR) is 64.6 cm³/mol. The van der Waals surface area contributed by atoms with Gasteiger partial charge in [0, 0.05) is 17.3 Å². The van der Waals surface area contributed by atoms with Gasteiger partial charge in [-0.1, -0.05) is 0 Å². The molecule has 1 aliphatic heterocycles. The first-order valence-corrected chi connectivity index (χ1v) is 5.52. The molecule has 2 rings (SSSR count). The monoisotopic (exact) mass is 233 g/mol. The van der Waals surface area contributed by atoms with E-state index in [1.54, 1.807) is 12.1 Å². The van der Waals surface area contributed by atoms with Gasteiger partial charge in [-0.3, -0.25) is 9.59 Å². The molecule has 1 aromatic carbocycles. The normalized spacial score (nSPS) is 22.2. The van der Waals surface area contributed by atoms with Crippen LogP contribution in [0.4, 0.5) is 5.69 Å². The zero-order chi connectivity index (χ0) is 12.4. The van der Waals surface area contributed by atoms with Crippen LogP contribution in [-0.4, -0.2) is 18.4 Å². The lowest BCUT2D eigenvalue weighted by atomic mass is 9.92. The van der Waals surface area contributed by atoms with Gasteiger partial charge in [0.1, 0.15) is 0 Å². The van der Waals surface area contributed by atoms with Gasteiger partial charge in [0.05, 0.1) is 6.04 Å². The summed E-state index contributed by atoms with van der Waals surface area (Å²) in [6.07, 6.45) is 1.47. The lowest BCUT2D eigenvalue weighted by molar-refractivity contribution is -0.110. The molecular formula is C12H15N3O2. The Morgan fingerprint density at radius 3 is 3.00 bits per heavy atom. The van der Waals surface area contributed by atoms with Crippen LogP contribution in [0.3, 0.4) is 0 Å². The number of carbonyl (C=O) groups is 2. The standard InChI is InChI=1S/C12H15N3O2/c1-7-4-11(14-6-16)9-5-8(12(13)17)2-3-10(9)15-7/h2-3,5-7,11,15H,4H2,1H3,(H2,13,17)(H,14,16)/t7-,11+/m1/s1. The molecule has 0 unspecified atom stereocenters. The average Bonchev–Trinajstić information content (AvgIpc) is 2.28. The molecule has 5 nitrogen and oxygen atoms in total. The maximum atomic E-state index is 11.1. The van der Waals surface area contributed by atoms with Crippen LogP contribution in [0.25, 0.3) is 0 Å². The number of hydrogen-bond donors (Lipinski definition) is 3. The number of anilines is 1.